The summed E-state index contributed by atoms with van der Waals surface area (Å²) >= 11 is 0. The van der Waals surface area contributed by atoms with Crippen LogP contribution in [0.3, 0.4) is 0 Å². The van der Waals surface area contributed by atoms with Crippen LogP contribution in [0.4, 0.5) is 0 Å². The molecule has 1 nitrogen and oxygen atoms in total. The maximum atomic E-state index is 6.27. The monoisotopic (exact) mass is 311 g/mol. The maximum Gasteiger partial charge on any atom is 0.0350 e. The normalized spacial score (nSPS) is 14.4. The number of hydrogen-bond acceptors (Lipinski definition) is 1. The first-order valence-electron chi connectivity index (χ1n) is 8.50. The molecular weight excluding hydrogens is 290 g/mol. The highest BCUT2D eigenvalue weighted by atomic mass is 14.6. The Hall–Kier alpha value is -2.80. The Balaban J connectivity index is 1.98. The van der Waals surface area contributed by atoms with Crippen molar-refractivity contribution in [3.63, 3.8) is 0 Å². The van der Waals surface area contributed by atoms with Gasteiger partial charge in [0, 0.05) is 11.3 Å². The standard InChI is InChI=1S/C23H21N/c1-16-8-2-3-9-17(16)20-14-15-21(19-11-5-4-10-18(19)20)22-12-6-7-13-23(22)24/h2-5,8-15H,6-7,24H2,1H3. The number of aryl methyl sites for hydroxylation is 1. The minimum absolute atomic E-state index is 0.898. The molecule has 0 atom stereocenters. The summed E-state index contributed by atoms with van der Waals surface area (Å²) in [6.45, 7) is 2.17. The quantitative estimate of drug-likeness (QED) is 0.632. The molecule has 0 bridgehead atoms. The van der Waals surface area contributed by atoms with Crippen molar-refractivity contribution in [1.82, 2.24) is 0 Å². The Morgan fingerprint density at radius 1 is 0.667 bits per heavy atom. The summed E-state index contributed by atoms with van der Waals surface area (Å²) in [6, 6.07) is 21.7. The van der Waals surface area contributed by atoms with Crippen molar-refractivity contribution in [2.45, 2.75) is 19.8 Å². The Kier molecular flexibility index (Phi) is 3.70. The van der Waals surface area contributed by atoms with E-state index in [0.717, 1.165) is 18.5 Å². The fraction of sp³-hybridized carbons (Fsp3) is 0.130. The molecule has 4 rings (SSSR count). The van der Waals surface area contributed by atoms with Crippen molar-refractivity contribution < 1.29 is 0 Å². The van der Waals surface area contributed by atoms with Crippen molar-refractivity contribution in [1.29, 1.82) is 0 Å². The topological polar surface area (TPSA) is 26.0 Å². The van der Waals surface area contributed by atoms with Crippen molar-refractivity contribution in [3.8, 4) is 11.1 Å². The fourth-order valence-electron chi connectivity index (χ4n) is 3.60. The van der Waals surface area contributed by atoms with Crippen LogP contribution in [0.1, 0.15) is 24.0 Å². The molecule has 2 N–H and O–H groups in total. The summed E-state index contributed by atoms with van der Waals surface area (Å²) < 4.78 is 0. The van der Waals surface area contributed by atoms with Gasteiger partial charge in [-0.2, -0.15) is 0 Å². The van der Waals surface area contributed by atoms with E-state index in [1.807, 2.05) is 0 Å². The summed E-state index contributed by atoms with van der Waals surface area (Å²) in [5, 5.41) is 2.55. The zero-order valence-electron chi connectivity index (χ0n) is 13.9. The second-order valence-corrected chi connectivity index (χ2v) is 6.38. The Morgan fingerprint density at radius 2 is 1.29 bits per heavy atom. The minimum Gasteiger partial charge on any atom is -0.398 e. The molecule has 3 aromatic carbocycles. The lowest BCUT2D eigenvalue weighted by molar-refractivity contribution is 1.02. The molecular formula is C23H21N. The SMILES string of the molecule is Cc1ccccc1-c1ccc(C2=CCCC=C2N)c2ccccc12. The molecule has 0 saturated heterocycles. The van der Waals surface area contributed by atoms with Gasteiger partial charge in [0.2, 0.25) is 0 Å². The highest BCUT2D eigenvalue weighted by molar-refractivity contribution is 6.04. The van der Waals surface area contributed by atoms with Crippen LogP contribution in [0.5, 0.6) is 0 Å². The third kappa shape index (κ3) is 2.43. The van der Waals surface area contributed by atoms with E-state index in [1.165, 1.54) is 38.6 Å². The number of allylic oxidation sites excluding steroid dienone is 3. The van der Waals surface area contributed by atoms with E-state index in [4.69, 9.17) is 5.73 Å². The highest BCUT2D eigenvalue weighted by Gasteiger charge is 2.14. The average molecular weight is 311 g/mol. The largest absolute Gasteiger partial charge is 0.398 e. The molecule has 0 saturated carbocycles. The van der Waals surface area contributed by atoms with E-state index in [2.05, 4.69) is 79.7 Å². The second kappa shape index (κ2) is 6.01. The van der Waals surface area contributed by atoms with Gasteiger partial charge in [-0.05, 0) is 52.8 Å². The molecule has 0 fully saturated rings. The molecule has 3 aromatic rings. The first-order valence-corrected chi connectivity index (χ1v) is 8.50. The van der Waals surface area contributed by atoms with E-state index < -0.39 is 0 Å². The lowest BCUT2D eigenvalue weighted by Crippen LogP contribution is -2.04. The van der Waals surface area contributed by atoms with Crippen LogP contribution >= 0.6 is 0 Å². The van der Waals surface area contributed by atoms with Crippen molar-refractivity contribution in [2.75, 3.05) is 0 Å². The van der Waals surface area contributed by atoms with Crippen LogP contribution < -0.4 is 5.73 Å². The summed E-state index contributed by atoms with van der Waals surface area (Å²) in [5.74, 6) is 0. The van der Waals surface area contributed by atoms with Gasteiger partial charge in [-0.25, -0.2) is 0 Å². The molecule has 0 amide bonds. The Bertz CT molecular complexity index is 976. The van der Waals surface area contributed by atoms with Gasteiger partial charge in [-0.15, -0.1) is 0 Å². The van der Waals surface area contributed by atoms with Gasteiger partial charge in [0.05, 0.1) is 0 Å². The summed E-state index contributed by atoms with van der Waals surface area (Å²) in [6.07, 6.45) is 6.50. The predicted octanol–water partition coefficient (Wildman–Crippen LogP) is 5.84. The molecule has 0 spiro atoms. The Morgan fingerprint density at radius 3 is 2.04 bits per heavy atom. The van der Waals surface area contributed by atoms with Gasteiger partial charge in [0.25, 0.3) is 0 Å². The maximum absolute atomic E-state index is 6.27. The summed E-state index contributed by atoms with van der Waals surface area (Å²) in [4.78, 5) is 0. The van der Waals surface area contributed by atoms with E-state index in [0.29, 0.717) is 0 Å². The molecule has 0 aromatic heterocycles. The molecule has 118 valence electrons. The van der Waals surface area contributed by atoms with Gasteiger partial charge in [0.1, 0.15) is 0 Å². The summed E-state index contributed by atoms with van der Waals surface area (Å²) in [5.41, 5.74) is 13.4. The zero-order chi connectivity index (χ0) is 16.5. The lowest BCUT2D eigenvalue weighted by Gasteiger charge is -2.17. The molecule has 1 heteroatoms. The van der Waals surface area contributed by atoms with E-state index >= 15 is 0 Å². The van der Waals surface area contributed by atoms with E-state index in [1.54, 1.807) is 0 Å². The highest BCUT2D eigenvalue weighted by Crippen LogP contribution is 2.37. The molecule has 0 heterocycles. The smallest absolute Gasteiger partial charge is 0.0350 e. The molecule has 24 heavy (non-hydrogen) atoms. The average Bonchev–Trinajstić information content (AvgIpc) is 2.62. The predicted molar refractivity (Wildman–Crippen MR) is 104 cm³/mol. The third-order valence-corrected chi connectivity index (χ3v) is 4.84. The van der Waals surface area contributed by atoms with Gasteiger partial charge >= 0.3 is 0 Å². The van der Waals surface area contributed by atoms with Gasteiger partial charge in [0.15, 0.2) is 0 Å². The number of nitrogens with two attached hydrogens (primary N) is 1. The number of rotatable bonds is 2. The minimum atomic E-state index is 0.898. The first-order chi connectivity index (χ1) is 11.8. The van der Waals surface area contributed by atoms with Gasteiger partial charge < -0.3 is 5.73 Å². The van der Waals surface area contributed by atoms with Crippen LogP contribution in [0.25, 0.3) is 27.5 Å². The second-order valence-electron chi connectivity index (χ2n) is 6.38. The van der Waals surface area contributed by atoms with Crippen LogP contribution in [-0.4, -0.2) is 0 Å². The number of fused-ring (bicyclic) bond motifs is 1. The first kappa shape index (κ1) is 14.8. The third-order valence-electron chi connectivity index (χ3n) is 4.84. The fourth-order valence-corrected chi connectivity index (χ4v) is 3.60. The van der Waals surface area contributed by atoms with Crippen LogP contribution in [-0.2, 0) is 0 Å². The number of benzene rings is 3. The molecule has 0 radical (unpaired) electrons. The molecule has 1 aliphatic rings. The number of hydrogen-bond donors (Lipinski definition) is 1. The van der Waals surface area contributed by atoms with E-state index in [-0.39, 0.29) is 0 Å². The Labute approximate surface area is 143 Å². The van der Waals surface area contributed by atoms with Crippen molar-refractivity contribution >= 4 is 16.3 Å². The van der Waals surface area contributed by atoms with Crippen molar-refractivity contribution in [2.24, 2.45) is 5.73 Å². The van der Waals surface area contributed by atoms with Crippen LogP contribution in [0, 0.1) is 6.92 Å². The zero-order valence-corrected chi connectivity index (χ0v) is 13.9. The summed E-state index contributed by atoms with van der Waals surface area (Å²) in [7, 11) is 0. The lowest BCUT2D eigenvalue weighted by atomic mass is 9.88. The molecule has 0 aliphatic heterocycles. The van der Waals surface area contributed by atoms with Crippen LogP contribution in [0.15, 0.2) is 78.5 Å². The van der Waals surface area contributed by atoms with Gasteiger partial charge in [-0.3, -0.25) is 0 Å². The molecule has 0 unspecified atom stereocenters. The molecule has 1 aliphatic carbocycles. The van der Waals surface area contributed by atoms with Gasteiger partial charge in [-0.1, -0.05) is 72.8 Å². The van der Waals surface area contributed by atoms with Crippen molar-refractivity contribution in [3.05, 3.63) is 89.6 Å². The van der Waals surface area contributed by atoms with Crippen LogP contribution in [0.2, 0.25) is 0 Å². The van der Waals surface area contributed by atoms with E-state index in [9.17, 15) is 0 Å².